The number of hydrogen-bond donors (Lipinski definition) is 2. The Balaban J connectivity index is 1.77. The van der Waals surface area contributed by atoms with E-state index in [4.69, 9.17) is 20.8 Å². The molecule has 1 aromatic heterocycles. The predicted molar refractivity (Wildman–Crippen MR) is 157 cm³/mol. The summed E-state index contributed by atoms with van der Waals surface area (Å²) in [4.78, 5) is 16.6. The summed E-state index contributed by atoms with van der Waals surface area (Å²) in [5, 5.41) is 7.64. The lowest BCUT2D eigenvalue weighted by Crippen LogP contribution is -2.39. The number of nitrogens with two attached hydrogens (primary N) is 1. The number of halogens is 3. The van der Waals surface area contributed by atoms with Crippen LogP contribution in [-0.2, 0) is 11.3 Å². The molecule has 3 N–H and O–H groups in total. The standard InChI is InChI=1S/C30H38F3N7O3/c1-19-15-25(42-5)23(22-11-14-40(26(19)22)28(41)43-29(2,3)4)16-39-13-6-12-38(18-30(31,32)33)17-24(39)20-7-9-21(10-8-20)27(36-34)37-35/h7-11,14-15,24,34H,6,12-13,16-18,35H2,1-5H3. The van der Waals surface area contributed by atoms with Gasteiger partial charge in [-0.3, -0.25) is 14.4 Å². The van der Waals surface area contributed by atoms with E-state index in [1.165, 1.54) is 9.47 Å². The number of alkyl halides is 3. The molecular formula is C30H38F3N7O3. The van der Waals surface area contributed by atoms with Crippen LogP contribution < -0.4 is 10.6 Å². The minimum absolute atomic E-state index is 0.0456. The predicted octanol–water partition coefficient (Wildman–Crippen LogP) is 6.20. The van der Waals surface area contributed by atoms with Crippen molar-refractivity contribution in [1.82, 2.24) is 14.4 Å². The number of nitrogens with zero attached hydrogens (tertiary/aromatic N) is 5. The first-order valence-electron chi connectivity index (χ1n) is 13.9. The van der Waals surface area contributed by atoms with Crippen molar-refractivity contribution in [3.05, 3.63) is 64.8 Å². The zero-order valence-electron chi connectivity index (χ0n) is 25.0. The average Bonchev–Trinajstić information content (AvgIpc) is 3.29. The molecule has 1 unspecified atom stereocenters. The highest BCUT2D eigenvalue weighted by molar-refractivity contribution is 5.98. The minimum Gasteiger partial charge on any atom is -0.496 e. The van der Waals surface area contributed by atoms with E-state index in [-0.39, 0.29) is 12.4 Å². The molecule has 0 radical (unpaired) electrons. The van der Waals surface area contributed by atoms with E-state index in [9.17, 15) is 18.0 Å². The van der Waals surface area contributed by atoms with Crippen LogP contribution in [-0.4, -0.2) is 71.4 Å². The van der Waals surface area contributed by atoms with Crippen LogP contribution in [0.1, 0.15) is 55.5 Å². The molecule has 0 amide bonds. The number of benzene rings is 2. The van der Waals surface area contributed by atoms with Crippen LogP contribution in [0.4, 0.5) is 18.0 Å². The SMILES string of the molecule is COc1cc(C)c2c(ccn2C(=O)OC(C)(C)C)c1CN1CCCN(CC(F)(F)F)CC1c1ccc(C(N=N)=NN)cc1. The van der Waals surface area contributed by atoms with Gasteiger partial charge in [0.25, 0.3) is 0 Å². The Hall–Kier alpha value is -3.97. The number of hydrogen-bond acceptors (Lipinski definition) is 8. The second kappa shape index (κ2) is 12.7. The summed E-state index contributed by atoms with van der Waals surface area (Å²) >= 11 is 0. The molecule has 10 nitrogen and oxygen atoms in total. The highest BCUT2D eigenvalue weighted by Gasteiger charge is 2.35. The van der Waals surface area contributed by atoms with Gasteiger partial charge in [0.05, 0.1) is 19.2 Å². The van der Waals surface area contributed by atoms with Crippen LogP contribution in [0.15, 0.2) is 52.8 Å². The quantitative estimate of drug-likeness (QED) is 0.114. The lowest BCUT2D eigenvalue weighted by atomic mass is 10.00. The summed E-state index contributed by atoms with van der Waals surface area (Å²) in [6.45, 7) is 7.63. The third-order valence-corrected chi connectivity index (χ3v) is 7.38. The number of rotatable bonds is 6. The molecule has 0 bridgehead atoms. The van der Waals surface area contributed by atoms with Crippen LogP contribution in [0.2, 0.25) is 0 Å². The molecule has 1 aliphatic heterocycles. The van der Waals surface area contributed by atoms with E-state index in [1.54, 1.807) is 58.3 Å². The van der Waals surface area contributed by atoms with E-state index >= 15 is 0 Å². The maximum absolute atomic E-state index is 13.5. The molecule has 2 aromatic carbocycles. The van der Waals surface area contributed by atoms with Gasteiger partial charge in [-0.2, -0.15) is 18.3 Å². The van der Waals surface area contributed by atoms with Crippen molar-refractivity contribution in [2.75, 3.05) is 33.3 Å². The van der Waals surface area contributed by atoms with Gasteiger partial charge in [-0.25, -0.2) is 10.3 Å². The number of methoxy groups -OCH3 is 1. The van der Waals surface area contributed by atoms with E-state index in [1.807, 2.05) is 19.1 Å². The summed E-state index contributed by atoms with van der Waals surface area (Å²) in [7, 11) is 1.58. The van der Waals surface area contributed by atoms with Crippen LogP contribution >= 0.6 is 0 Å². The Morgan fingerprint density at radius 3 is 2.42 bits per heavy atom. The Morgan fingerprint density at radius 2 is 1.84 bits per heavy atom. The average molecular weight is 602 g/mol. The van der Waals surface area contributed by atoms with Crippen molar-refractivity contribution in [2.24, 2.45) is 16.1 Å². The molecule has 1 atom stereocenters. The van der Waals surface area contributed by atoms with Crippen molar-refractivity contribution in [3.8, 4) is 5.75 Å². The Labute approximate surface area is 248 Å². The molecule has 0 aliphatic carbocycles. The third kappa shape index (κ3) is 7.52. The summed E-state index contributed by atoms with van der Waals surface area (Å²) < 4.78 is 53.3. The van der Waals surface area contributed by atoms with E-state index < -0.39 is 30.5 Å². The maximum atomic E-state index is 13.5. The van der Waals surface area contributed by atoms with E-state index in [2.05, 4.69) is 15.1 Å². The van der Waals surface area contributed by atoms with Gasteiger partial charge in [0.1, 0.15) is 11.4 Å². The van der Waals surface area contributed by atoms with Gasteiger partial charge in [-0.15, -0.1) is 5.11 Å². The van der Waals surface area contributed by atoms with Gasteiger partial charge in [0.2, 0.25) is 0 Å². The number of carbonyl (C=O) groups is 1. The Morgan fingerprint density at radius 1 is 1.14 bits per heavy atom. The number of aromatic nitrogens is 1. The molecule has 13 heteroatoms. The van der Waals surface area contributed by atoms with Crippen molar-refractivity contribution in [3.63, 3.8) is 0 Å². The second-order valence-electron chi connectivity index (χ2n) is 11.7. The lowest BCUT2D eigenvalue weighted by molar-refractivity contribution is -0.146. The number of carbonyl (C=O) groups excluding carboxylic acids is 1. The number of amidine groups is 1. The van der Waals surface area contributed by atoms with Gasteiger partial charge in [-0.1, -0.05) is 24.3 Å². The lowest BCUT2D eigenvalue weighted by Gasteiger charge is -2.33. The number of fused-ring (bicyclic) bond motifs is 1. The summed E-state index contributed by atoms with van der Waals surface area (Å²) in [6, 6.07) is 10.3. The monoisotopic (exact) mass is 601 g/mol. The fraction of sp³-hybridized carbons (Fsp3) is 0.467. The molecule has 43 heavy (non-hydrogen) atoms. The fourth-order valence-electron chi connectivity index (χ4n) is 5.60. The summed E-state index contributed by atoms with van der Waals surface area (Å²) in [5.74, 6) is 6.01. The minimum atomic E-state index is -4.33. The highest BCUT2D eigenvalue weighted by atomic mass is 19.4. The summed E-state index contributed by atoms with van der Waals surface area (Å²) in [5.41, 5.74) is 10.3. The van der Waals surface area contributed by atoms with Gasteiger partial charge in [0.15, 0.2) is 5.84 Å². The molecule has 1 saturated heterocycles. The third-order valence-electron chi connectivity index (χ3n) is 7.38. The Bertz CT molecular complexity index is 1490. The van der Waals surface area contributed by atoms with Gasteiger partial charge < -0.3 is 15.3 Å². The van der Waals surface area contributed by atoms with E-state index in [0.29, 0.717) is 42.9 Å². The van der Waals surface area contributed by atoms with Crippen molar-refractivity contribution >= 4 is 22.8 Å². The maximum Gasteiger partial charge on any atom is 0.419 e. The van der Waals surface area contributed by atoms with Crippen LogP contribution in [0.5, 0.6) is 5.75 Å². The molecule has 1 aliphatic rings. The van der Waals surface area contributed by atoms with Crippen molar-refractivity contribution < 1.29 is 27.4 Å². The first-order chi connectivity index (χ1) is 20.2. The van der Waals surface area contributed by atoms with Crippen molar-refractivity contribution in [1.29, 1.82) is 5.53 Å². The molecule has 4 rings (SSSR count). The van der Waals surface area contributed by atoms with Crippen LogP contribution in [0, 0.1) is 12.5 Å². The van der Waals surface area contributed by atoms with Gasteiger partial charge in [0, 0.05) is 48.4 Å². The van der Waals surface area contributed by atoms with Gasteiger partial charge in [-0.05, 0) is 63.9 Å². The molecule has 2 heterocycles. The largest absolute Gasteiger partial charge is 0.496 e. The van der Waals surface area contributed by atoms with Crippen LogP contribution in [0.3, 0.4) is 0 Å². The fourth-order valence-corrected chi connectivity index (χ4v) is 5.60. The molecule has 1 fully saturated rings. The first kappa shape index (κ1) is 32.0. The Kier molecular flexibility index (Phi) is 9.45. The zero-order valence-corrected chi connectivity index (χ0v) is 25.0. The zero-order chi connectivity index (χ0) is 31.5. The second-order valence-corrected chi connectivity index (χ2v) is 11.7. The molecular weight excluding hydrogens is 563 g/mol. The topological polar surface area (TPSA) is 122 Å². The highest BCUT2D eigenvalue weighted by Crippen LogP contribution is 2.36. The number of hydrazone groups is 1. The smallest absolute Gasteiger partial charge is 0.419 e. The first-order valence-corrected chi connectivity index (χ1v) is 13.9. The van der Waals surface area contributed by atoms with Crippen LogP contribution in [0.25, 0.3) is 10.9 Å². The van der Waals surface area contributed by atoms with Gasteiger partial charge >= 0.3 is 12.3 Å². The molecule has 0 spiro atoms. The number of ether oxygens (including phenoxy) is 2. The number of nitrogens with one attached hydrogen (secondary N) is 1. The molecule has 3 aromatic rings. The normalized spacial score (nSPS) is 17.6. The molecule has 0 saturated carbocycles. The van der Waals surface area contributed by atoms with Crippen molar-refractivity contribution in [2.45, 2.75) is 58.5 Å². The number of aryl methyl sites for hydroxylation is 1. The van der Waals surface area contributed by atoms with E-state index in [0.717, 1.165) is 22.1 Å². The summed E-state index contributed by atoms with van der Waals surface area (Å²) in [6.07, 6.45) is -2.63. The molecule has 232 valence electrons.